The van der Waals surface area contributed by atoms with Crippen LogP contribution in [0.1, 0.15) is 323 Å². The molecule has 6 heteroatoms. The van der Waals surface area contributed by atoms with Crippen molar-refractivity contribution in [1.82, 2.24) is 0 Å². The Hall–Kier alpha value is -3.15. The molecule has 0 saturated carbocycles. The smallest absolute Gasteiger partial charge is 0.306 e. The molecule has 1 unspecified atom stereocenters. The van der Waals surface area contributed by atoms with Gasteiger partial charge in [0.25, 0.3) is 0 Å². The first-order valence-corrected chi connectivity index (χ1v) is 31.9. The van der Waals surface area contributed by atoms with Gasteiger partial charge < -0.3 is 14.2 Å². The van der Waals surface area contributed by atoms with Gasteiger partial charge in [-0.25, -0.2) is 0 Å². The van der Waals surface area contributed by atoms with Gasteiger partial charge in [0.1, 0.15) is 13.2 Å². The van der Waals surface area contributed by atoms with Crippen LogP contribution < -0.4 is 0 Å². The van der Waals surface area contributed by atoms with Gasteiger partial charge in [-0.05, 0) is 89.9 Å². The lowest BCUT2D eigenvalue weighted by molar-refractivity contribution is -0.167. The summed E-state index contributed by atoms with van der Waals surface area (Å²) in [5.41, 5.74) is 0. The van der Waals surface area contributed by atoms with E-state index in [-0.39, 0.29) is 31.1 Å². The zero-order valence-corrected chi connectivity index (χ0v) is 49.1. The Kier molecular flexibility index (Phi) is 59.7. The number of ether oxygens (including phenoxy) is 3. The maximum Gasteiger partial charge on any atom is 0.306 e. The Morgan fingerprint density at radius 3 is 0.851 bits per heavy atom. The molecule has 0 aromatic carbocycles. The van der Waals surface area contributed by atoms with Crippen molar-refractivity contribution < 1.29 is 28.6 Å². The number of hydrogen-bond acceptors (Lipinski definition) is 6. The second kappa shape index (κ2) is 62.4. The van der Waals surface area contributed by atoms with Crippen molar-refractivity contribution in [2.24, 2.45) is 0 Å². The van der Waals surface area contributed by atoms with Gasteiger partial charge in [0.2, 0.25) is 0 Å². The first-order chi connectivity index (χ1) is 36.5. The molecule has 0 aromatic rings. The van der Waals surface area contributed by atoms with Crippen LogP contribution in [0.4, 0.5) is 0 Å². The van der Waals surface area contributed by atoms with E-state index in [9.17, 15) is 14.4 Å². The van der Waals surface area contributed by atoms with Crippen molar-refractivity contribution in [3.63, 3.8) is 0 Å². The van der Waals surface area contributed by atoms with E-state index in [0.29, 0.717) is 19.3 Å². The number of carbonyl (C=O) groups excluding carboxylic acids is 3. The van der Waals surface area contributed by atoms with Gasteiger partial charge in [-0.3, -0.25) is 14.4 Å². The van der Waals surface area contributed by atoms with E-state index < -0.39 is 6.10 Å². The molecule has 0 heterocycles. The van der Waals surface area contributed by atoms with E-state index in [1.54, 1.807) is 0 Å². The Bertz CT molecular complexity index is 1370. The average Bonchev–Trinajstić information content (AvgIpc) is 3.40. The van der Waals surface area contributed by atoms with Gasteiger partial charge in [-0.15, -0.1) is 0 Å². The minimum absolute atomic E-state index is 0.0875. The van der Waals surface area contributed by atoms with Crippen LogP contribution in [0.25, 0.3) is 0 Å². The standard InChI is InChI=1S/C68H120O6/c1-4-7-10-13-16-19-22-25-28-30-31-32-33-34-35-36-38-40-43-46-49-52-55-58-61-67(70)73-64-65(63-72-66(69)60-57-54-51-48-45-42-39-27-24-21-18-15-12-9-6-3)74-68(71)62-59-56-53-50-47-44-41-37-29-26-23-20-17-14-11-8-5-2/h8,11,17-18,20-21,26-27,29,39,41,44,65H,4-7,9-10,12-16,19,22-25,28,30-38,40,42-43,45-64H2,1-3H3/b11-8-,20-17-,21-18-,29-26-,39-27-,44-41-. The quantitative estimate of drug-likeness (QED) is 0.0261. The lowest BCUT2D eigenvalue weighted by Crippen LogP contribution is -2.30. The minimum atomic E-state index is -0.794. The van der Waals surface area contributed by atoms with Crippen LogP contribution >= 0.6 is 0 Å². The Balaban J connectivity index is 4.33. The zero-order valence-electron chi connectivity index (χ0n) is 49.1. The molecule has 0 aromatic heterocycles. The van der Waals surface area contributed by atoms with E-state index in [2.05, 4.69) is 93.7 Å². The minimum Gasteiger partial charge on any atom is -0.462 e. The van der Waals surface area contributed by atoms with E-state index in [1.165, 1.54) is 167 Å². The summed E-state index contributed by atoms with van der Waals surface area (Å²) in [6, 6.07) is 0. The Labute approximate surface area is 459 Å². The van der Waals surface area contributed by atoms with Gasteiger partial charge in [-0.1, -0.05) is 286 Å². The van der Waals surface area contributed by atoms with Crippen molar-refractivity contribution in [1.29, 1.82) is 0 Å². The highest BCUT2D eigenvalue weighted by Crippen LogP contribution is 2.17. The SMILES string of the molecule is CC/C=C\C/C=C\C/C=C\C/C=C\CCCCCCC(=O)OC(COC(=O)CCCCCCC/C=C\C/C=C\CCCCC)COC(=O)CCCCCCCCCCCCCCCCCCCCCCCCCC. The molecule has 0 saturated heterocycles. The molecule has 428 valence electrons. The van der Waals surface area contributed by atoms with Crippen molar-refractivity contribution in [2.45, 2.75) is 329 Å². The van der Waals surface area contributed by atoms with Crippen LogP contribution in [0.2, 0.25) is 0 Å². The highest BCUT2D eigenvalue weighted by molar-refractivity contribution is 5.71. The molecule has 74 heavy (non-hydrogen) atoms. The Morgan fingerprint density at radius 2 is 0.527 bits per heavy atom. The summed E-state index contributed by atoms with van der Waals surface area (Å²) in [6.07, 6.45) is 80.5. The fraction of sp³-hybridized carbons (Fsp3) is 0.779. The summed E-state index contributed by atoms with van der Waals surface area (Å²) >= 11 is 0. The van der Waals surface area contributed by atoms with E-state index in [4.69, 9.17) is 14.2 Å². The molecule has 0 aliphatic heterocycles. The number of allylic oxidation sites excluding steroid dienone is 12. The highest BCUT2D eigenvalue weighted by Gasteiger charge is 2.19. The molecule has 0 spiro atoms. The molecule has 0 N–H and O–H groups in total. The lowest BCUT2D eigenvalue weighted by atomic mass is 10.0. The van der Waals surface area contributed by atoms with Gasteiger partial charge in [0.05, 0.1) is 0 Å². The molecular weight excluding hydrogens is 913 g/mol. The molecular formula is C68H120O6. The van der Waals surface area contributed by atoms with Crippen molar-refractivity contribution >= 4 is 17.9 Å². The second-order valence-electron chi connectivity index (χ2n) is 21.3. The summed E-state index contributed by atoms with van der Waals surface area (Å²) in [5.74, 6) is -0.911. The maximum absolute atomic E-state index is 12.9. The molecule has 6 nitrogen and oxygen atoms in total. The van der Waals surface area contributed by atoms with Crippen molar-refractivity contribution in [2.75, 3.05) is 13.2 Å². The largest absolute Gasteiger partial charge is 0.462 e. The van der Waals surface area contributed by atoms with Crippen molar-refractivity contribution in [3.8, 4) is 0 Å². The summed E-state index contributed by atoms with van der Waals surface area (Å²) in [4.78, 5) is 38.3. The van der Waals surface area contributed by atoms with Crippen LogP contribution in [0.15, 0.2) is 72.9 Å². The number of carbonyl (C=O) groups is 3. The van der Waals surface area contributed by atoms with E-state index in [1.807, 2.05) is 0 Å². The summed E-state index contributed by atoms with van der Waals surface area (Å²) in [7, 11) is 0. The normalized spacial score (nSPS) is 12.5. The van der Waals surface area contributed by atoms with Gasteiger partial charge in [-0.2, -0.15) is 0 Å². The highest BCUT2D eigenvalue weighted by atomic mass is 16.6. The van der Waals surface area contributed by atoms with Crippen LogP contribution in [-0.2, 0) is 28.6 Å². The number of esters is 3. The van der Waals surface area contributed by atoms with Crippen molar-refractivity contribution in [3.05, 3.63) is 72.9 Å². The monoisotopic (exact) mass is 1030 g/mol. The third-order valence-electron chi connectivity index (χ3n) is 13.9. The fourth-order valence-electron chi connectivity index (χ4n) is 9.17. The number of unbranched alkanes of at least 4 members (excludes halogenated alkanes) is 35. The summed E-state index contributed by atoms with van der Waals surface area (Å²) in [6.45, 7) is 6.51. The molecule has 0 amide bonds. The third kappa shape index (κ3) is 59.7. The molecule has 0 bridgehead atoms. The van der Waals surface area contributed by atoms with E-state index in [0.717, 1.165) is 116 Å². The maximum atomic E-state index is 12.9. The second-order valence-corrected chi connectivity index (χ2v) is 21.3. The van der Waals surface area contributed by atoms with Gasteiger partial charge in [0.15, 0.2) is 6.10 Å². The topological polar surface area (TPSA) is 78.9 Å². The fourth-order valence-corrected chi connectivity index (χ4v) is 9.17. The Morgan fingerprint density at radius 1 is 0.284 bits per heavy atom. The average molecular weight is 1030 g/mol. The van der Waals surface area contributed by atoms with Crippen LogP contribution in [0, 0.1) is 0 Å². The molecule has 0 aliphatic rings. The number of hydrogen-bond donors (Lipinski definition) is 0. The predicted octanol–water partition coefficient (Wildman–Crippen LogP) is 21.7. The molecule has 0 radical (unpaired) electrons. The van der Waals surface area contributed by atoms with Crippen LogP contribution in [-0.4, -0.2) is 37.2 Å². The predicted molar refractivity (Wildman–Crippen MR) is 321 cm³/mol. The lowest BCUT2D eigenvalue weighted by Gasteiger charge is -2.18. The molecule has 0 fully saturated rings. The van der Waals surface area contributed by atoms with E-state index >= 15 is 0 Å². The first-order valence-electron chi connectivity index (χ1n) is 31.9. The third-order valence-corrected chi connectivity index (χ3v) is 13.9. The van der Waals surface area contributed by atoms with Gasteiger partial charge in [0, 0.05) is 19.3 Å². The zero-order chi connectivity index (χ0) is 53.6. The molecule has 0 rings (SSSR count). The summed E-state index contributed by atoms with van der Waals surface area (Å²) in [5, 5.41) is 0. The number of rotatable bonds is 58. The van der Waals surface area contributed by atoms with Gasteiger partial charge >= 0.3 is 17.9 Å². The molecule has 0 aliphatic carbocycles. The first kappa shape index (κ1) is 70.8. The van der Waals surface area contributed by atoms with Crippen LogP contribution in [0.3, 0.4) is 0 Å². The van der Waals surface area contributed by atoms with Crippen LogP contribution in [0.5, 0.6) is 0 Å². The molecule has 1 atom stereocenters. The summed E-state index contributed by atoms with van der Waals surface area (Å²) < 4.78 is 16.9.